The van der Waals surface area contributed by atoms with E-state index in [9.17, 15) is 9.59 Å². The van der Waals surface area contributed by atoms with E-state index in [2.05, 4.69) is 5.32 Å². The first kappa shape index (κ1) is 14.3. The first-order valence-electron chi connectivity index (χ1n) is 5.26. The number of carbonyl (C=O) groups is 2. The number of nitrogens with two attached hydrogens (primary N) is 1. The molecule has 1 aromatic carbocycles. The molecule has 0 saturated carbocycles. The molecule has 7 nitrogen and oxygen atoms in total. The summed E-state index contributed by atoms with van der Waals surface area (Å²) < 4.78 is 10.1. The highest BCUT2D eigenvalue weighted by Gasteiger charge is 2.16. The summed E-state index contributed by atoms with van der Waals surface area (Å²) in [5.74, 6) is -0.625. The zero-order chi connectivity index (χ0) is 14.4. The molecule has 0 aliphatic rings. The molecular weight excluding hydrogens is 250 g/mol. The van der Waals surface area contributed by atoms with Crippen LogP contribution in [0.4, 0.5) is 5.69 Å². The minimum atomic E-state index is -0.729. The van der Waals surface area contributed by atoms with Crippen LogP contribution in [0, 0.1) is 11.3 Å². The fraction of sp³-hybridized carbons (Fsp3) is 0.250. The van der Waals surface area contributed by atoms with E-state index in [1.807, 2.05) is 0 Å². The van der Waals surface area contributed by atoms with E-state index < -0.39 is 11.8 Å². The quantitative estimate of drug-likeness (QED) is 0.809. The number of benzene rings is 1. The molecule has 1 rings (SSSR count). The Hall–Kier alpha value is -2.75. The third-order valence-corrected chi connectivity index (χ3v) is 2.30. The van der Waals surface area contributed by atoms with Gasteiger partial charge in [0.15, 0.2) is 11.5 Å². The summed E-state index contributed by atoms with van der Waals surface area (Å²) in [5, 5.41) is 10.8. The molecule has 100 valence electrons. The highest BCUT2D eigenvalue weighted by molar-refractivity contribution is 6.04. The summed E-state index contributed by atoms with van der Waals surface area (Å²) in [6.07, 6.45) is -0.327. The van der Waals surface area contributed by atoms with Gasteiger partial charge < -0.3 is 20.5 Å². The second-order valence-corrected chi connectivity index (χ2v) is 3.50. The second kappa shape index (κ2) is 6.26. The number of nitrogens with one attached hydrogen (secondary N) is 1. The Morgan fingerprint density at radius 3 is 2.37 bits per heavy atom. The number of rotatable bonds is 5. The van der Waals surface area contributed by atoms with Gasteiger partial charge in [0.05, 0.1) is 31.5 Å². The van der Waals surface area contributed by atoms with Crippen LogP contribution < -0.4 is 20.5 Å². The number of carbonyl (C=O) groups excluding carboxylic acids is 2. The van der Waals surface area contributed by atoms with Gasteiger partial charge in [-0.3, -0.25) is 9.59 Å². The van der Waals surface area contributed by atoms with E-state index >= 15 is 0 Å². The van der Waals surface area contributed by atoms with Crippen LogP contribution in [0.3, 0.4) is 0 Å². The molecule has 0 unspecified atom stereocenters. The molecule has 1 aromatic rings. The van der Waals surface area contributed by atoms with Crippen LogP contribution in [-0.2, 0) is 4.79 Å². The van der Waals surface area contributed by atoms with E-state index in [-0.39, 0.29) is 17.7 Å². The smallest absolute Gasteiger partial charge is 0.250 e. The van der Waals surface area contributed by atoms with E-state index in [0.29, 0.717) is 11.5 Å². The average Bonchev–Trinajstić information content (AvgIpc) is 2.38. The topological polar surface area (TPSA) is 114 Å². The van der Waals surface area contributed by atoms with Crippen LogP contribution >= 0.6 is 0 Å². The Kier molecular flexibility index (Phi) is 4.71. The number of nitrogens with zero attached hydrogens (tertiary/aromatic N) is 1. The van der Waals surface area contributed by atoms with Gasteiger partial charge in [0.2, 0.25) is 5.91 Å². The van der Waals surface area contributed by atoms with Crippen molar-refractivity contribution in [2.45, 2.75) is 6.42 Å². The molecule has 3 N–H and O–H groups in total. The lowest BCUT2D eigenvalue weighted by atomic mass is 10.1. The Labute approximate surface area is 109 Å². The van der Waals surface area contributed by atoms with E-state index in [1.54, 1.807) is 6.07 Å². The number of ether oxygens (including phenoxy) is 2. The highest BCUT2D eigenvalue weighted by atomic mass is 16.5. The lowest BCUT2D eigenvalue weighted by molar-refractivity contribution is -0.115. The number of hydrogen-bond donors (Lipinski definition) is 2. The number of amides is 2. The molecule has 0 heterocycles. The second-order valence-electron chi connectivity index (χ2n) is 3.50. The Morgan fingerprint density at radius 2 is 1.89 bits per heavy atom. The van der Waals surface area contributed by atoms with Gasteiger partial charge in [-0.05, 0) is 6.07 Å². The van der Waals surface area contributed by atoms with Crippen LogP contribution in [-0.4, -0.2) is 26.0 Å². The Bertz CT molecular complexity index is 549. The maximum atomic E-state index is 11.4. The maximum Gasteiger partial charge on any atom is 0.250 e. The molecule has 0 atom stereocenters. The summed E-state index contributed by atoms with van der Waals surface area (Å²) in [5.41, 5.74) is 5.47. The number of primary amides is 1. The molecule has 2 amide bonds. The van der Waals surface area contributed by atoms with Crippen LogP contribution in [0.1, 0.15) is 16.8 Å². The zero-order valence-electron chi connectivity index (χ0n) is 10.5. The van der Waals surface area contributed by atoms with Crippen molar-refractivity contribution in [3.63, 3.8) is 0 Å². The molecule has 0 fully saturated rings. The highest BCUT2D eigenvalue weighted by Crippen LogP contribution is 2.33. The van der Waals surface area contributed by atoms with Crippen molar-refractivity contribution in [2.75, 3.05) is 19.5 Å². The minimum absolute atomic E-state index is 0.0731. The van der Waals surface area contributed by atoms with Crippen molar-refractivity contribution < 1.29 is 19.1 Å². The van der Waals surface area contributed by atoms with E-state index in [0.717, 1.165) is 0 Å². The van der Waals surface area contributed by atoms with Gasteiger partial charge in [-0.15, -0.1) is 0 Å². The van der Waals surface area contributed by atoms with Gasteiger partial charge in [0.25, 0.3) is 5.91 Å². The van der Waals surface area contributed by atoms with Gasteiger partial charge in [-0.25, -0.2) is 0 Å². The molecule has 0 bridgehead atoms. The molecule has 0 aliphatic carbocycles. The molecule has 0 radical (unpaired) electrons. The Balaban J connectivity index is 3.24. The molecular formula is C12H13N3O4. The minimum Gasteiger partial charge on any atom is -0.493 e. The van der Waals surface area contributed by atoms with Gasteiger partial charge in [-0.1, -0.05) is 0 Å². The average molecular weight is 263 g/mol. The Morgan fingerprint density at radius 1 is 1.32 bits per heavy atom. The molecule has 0 spiro atoms. The molecule has 0 saturated heterocycles. The fourth-order valence-electron chi connectivity index (χ4n) is 1.45. The van der Waals surface area contributed by atoms with Gasteiger partial charge in [0.1, 0.15) is 6.42 Å². The van der Waals surface area contributed by atoms with Crippen molar-refractivity contribution in [1.82, 2.24) is 0 Å². The predicted octanol–water partition coefficient (Wildman–Crippen LogP) is 0.655. The van der Waals surface area contributed by atoms with Crippen LogP contribution in [0.5, 0.6) is 11.5 Å². The van der Waals surface area contributed by atoms with Crippen LogP contribution in [0.25, 0.3) is 0 Å². The summed E-state index contributed by atoms with van der Waals surface area (Å²) >= 11 is 0. The summed E-state index contributed by atoms with van der Waals surface area (Å²) in [7, 11) is 2.83. The first-order chi connectivity index (χ1) is 9.03. The lowest BCUT2D eigenvalue weighted by Crippen LogP contribution is -2.18. The van der Waals surface area contributed by atoms with Gasteiger partial charge >= 0.3 is 0 Å². The van der Waals surface area contributed by atoms with Crippen molar-refractivity contribution in [2.24, 2.45) is 5.73 Å². The third-order valence-electron chi connectivity index (χ3n) is 2.30. The monoisotopic (exact) mass is 263 g/mol. The normalized spacial score (nSPS) is 9.32. The number of methoxy groups -OCH3 is 2. The fourth-order valence-corrected chi connectivity index (χ4v) is 1.45. The van der Waals surface area contributed by atoms with Crippen molar-refractivity contribution in [3.05, 3.63) is 17.7 Å². The lowest BCUT2D eigenvalue weighted by Gasteiger charge is -2.13. The summed E-state index contributed by atoms with van der Waals surface area (Å²) in [6.45, 7) is 0. The summed E-state index contributed by atoms with van der Waals surface area (Å²) in [4.78, 5) is 22.7. The SMILES string of the molecule is COc1cc(NC(=O)CC#N)c(C(N)=O)cc1OC. The van der Waals surface area contributed by atoms with Crippen LogP contribution in [0.15, 0.2) is 12.1 Å². The summed E-state index contributed by atoms with van der Waals surface area (Å²) in [6, 6.07) is 4.48. The molecule has 0 aromatic heterocycles. The van der Waals surface area contributed by atoms with Crippen molar-refractivity contribution in [1.29, 1.82) is 5.26 Å². The predicted molar refractivity (Wildman–Crippen MR) is 66.9 cm³/mol. The zero-order valence-corrected chi connectivity index (χ0v) is 10.5. The van der Waals surface area contributed by atoms with Gasteiger partial charge in [-0.2, -0.15) is 5.26 Å². The molecule has 7 heteroatoms. The maximum absolute atomic E-state index is 11.4. The largest absolute Gasteiger partial charge is 0.493 e. The first-order valence-corrected chi connectivity index (χ1v) is 5.26. The van der Waals surface area contributed by atoms with Crippen molar-refractivity contribution >= 4 is 17.5 Å². The molecule has 19 heavy (non-hydrogen) atoms. The third kappa shape index (κ3) is 3.35. The number of anilines is 1. The number of hydrogen-bond acceptors (Lipinski definition) is 5. The van der Waals surface area contributed by atoms with Gasteiger partial charge in [0, 0.05) is 6.07 Å². The van der Waals surface area contributed by atoms with Crippen molar-refractivity contribution in [3.8, 4) is 17.6 Å². The standard InChI is InChI=1S/C12H13N3O4/c1-18-9-5-7(12(14)17)8(6-10(9)19-2)15-11(16)3-4-13/h5-6H,3H2,1-2H3,(H2,14,17)(H,15,16). The molecule has 0 aliphatic heterocycles. The van der Waals surface area contributed by atoms with E-state index in [1.165, 1.54) is 26.4 Å². The number of nitriles is 1. The van der Waals surface area contributed by atoms with E-state index in [4.69, 9.17) is 20.5 Å². The van der Waals surface area contributed by atoms with Crippen LogP contribution in [0.2, 0.25) is 0 Å².